The molecule has 35 heavy (non-hydrogen) atoms. The Morgan fingerprint density at radius 2 is 1.49 bits per heavy atom. The van der Waals surface area contributed by atoms with E-state index in [0.29, 0.717) is 50.5 Å². The van der Waals surface area contributed by atoms with Gasteiger partial charge in [0.2, 0.25) is 11.8 Å². The first-order valence-electron chi connectivity index (χ1n) is 12.2. The van der Waals surface area contributed by atoms with E-state index in [-0.39, 0.29) is 23.6 Å². The highest BCUT2D eigenvalue weighted by Gasteiger charge is 2.31. The van der Waals surface area contributed by atoms with Crippen molar-refractivity contribution in [1.82, 2.24) is 15.1 Å². The van der Waals surface area contributed by atoms with Crippen molar-refractivity contribution in [2.45, 2.75) is 19.4 Å². The zero-order valence-corrected chi connectivity index (χ0v) is 19.7. The molecule has 7 heteroatoms. The fraction of sp³-hybridized carbons (Fsp3) is 0.321. The van der Waals surface area contributed by atoms with Gasteiger partial charge in [-0.1, -0.05) is 54.6 Å². The van der Waals surface area contributed by atoms with E-state index in [1.807, 2.05) is 71.6 Å². The van der Waals surface area contributed by atoms with E-state index in [2.05, 4.69) is 15.5 Å². The molecular formula is C28H30N4O3. The lowest BCUT2D eigenvalue weighted by molar-refractivity contribution is -0.122. The number of carbonyl (C=O) groups is 3. The van der Waals surface area contributed by atoms with Gasteiger partial charge < -0.3 is 15.5 Å². The minimum atomic E-state index is -0.0879. The second kappa shape index (κ2) is 10.3. The third kappa shape index (κ3) is 5.69. The summed E-state index contributed by atoms with van der Waals surface area (Å²) in [6, 6.07) is 21.5. The highest BCUT2D eigenvalue weighted by atomic mass is 16.2. The molecule has 0 unspecified atom stereocenters. The molecule has 0 bridgehead atoms. The minimum Gasteiger partial charge on any atom is -0.351 e. The highest BCUT2D eigenvalue weighted by Crippen LogP contribution is 2.32. The van der Waals surface area contributed by atoms with E-state index < -0.39 is 0 Å². The molecular weight excluding hydrogens is 440 g/mol. The van der Waals surface area contributed by atoms with Gasteiger partial charge in [-0.25, -0.2) is 0 Å². The number of fused-ring (bicyclic) bond motifs is 1. The molecule has 5 rings (SSSR count). The molecule has 1 saturated carbocycles. The Morgan fingerprint density at radius 1 is 0.829 bits per heavy atom. The maximum absolute atomic E-state index is 13.5. The van der Waals surface area contributed by atoms with Crippen LogP contribution in [0.4, 0.5) is 5.69 Å². The lowest BCUT2D eigenvalue weighted by Gasteiger charge is -2.34. The molecule has 3 aromatic rings. The van der Waals surface area contributed by atoms with E-state index in [0.717, 1.165) is 29.2 Å². The van der Waals surface area contributed by atoms with Crippen LogP contribution in [-0.4, -0.2) is 60.2 Å². The fourth-order valence-corrected chi connectivity index (χ4v) is 4.44. The number of piperazine rings is 1. The number of nitrogens with one attached hydrogen (secondary N) is 2. The van der Waals surface area contributed by atoms with Gasteiger partial charge in [0.05, 0.1) is 17.8 Å². The molecule has 1 heterocycles. The van der Waals surface area contributed by atoms with E-state index in [9.17, 15) is 14.4 Å². The zero-order chi connectivity index (χ0) is 24.2. The lowest BCUT2D eigenvalue weighted by atomic mass is 10.0. The first kappa shape index (κ1) is 23.1. The Hall–Kier alpha value is -3.71. The van der Waals surface area contributed by atoms with Crippen molar-refractivity contribution in [3.8, 4) is 0 Å². The molecule has 1 aliphatic carbocycles. The second-order valence-electron chi connectivity index (χ2n) is 9.34. The van der Waals surface area contributed by atoms with Gasteiger partial charge in [-0.15, -0.1) is 0 Å². The Morgan fingerprint density at radius 3 is 2.17 bits per heavy atom. The number of hydrogen-bond donors (Lipinski definition) is 2. The maximum Gasteiger partial charge on any atom is 0.256 e. The quantitative estimate of drug-likeness (QED) is 0.555. The number of anilines is 1. The van der Waals surface area contributed by atoms with Gasteiger partial charge in [0.15, 0.2) is 0 Å². The van der Waals surface area contributed by atoms with Gasteiger partial charge in [-0.05, 0) is 41.3 Å². The number of rotatable bonds is 7. The van der Waals surface area contributed by atoms with Crippen molar-refractivity contribution >= 4 is 34.2 Å². The Balaban J connectivity index is 1.21. The van der Waals surface area contributed by atoms with Crippen LogP contribution in [0.1, 0.15) is 28.8 Å². The van der Waals surface area contributed by atoms with Crippen LogP contribution in [0.5, 0.6) is 0 Å². The maximum atomic E-state index is 13.5. The van der Waals surface area contributed by atoms with Crippen molar-refractivity contribution in [1.29, 1.82) is 0 Å². The number of nitrogens with zero attached hydrogens (tertiary/aromatic N) is 2. The monoisotopic (exact) mass is 470 g/mol. The van der Waals surface area contributed by atoms with Gasteiger partial charge in [0, 0.05) is 38.6 Å². The van der Waals surface area contributed by atoms with E-state index >= 15 is 0 Å². The molecule has 3 amide bonds. The van der Waals surface area contributed by atoms with Crippen LogP contribution in [0, 0.1) is 5.92 Å². The number of carbonyl (C=O) groups excluding carboxylic acids is 3. The van der Waals surface area contributed by atoms with Crippen LogP contribution in [-0.2, 0) is 16.1 Å². The first-order valence-corrected chi connectivity index (χ1v) is 12.2. The fourth-order valence-electron chi connectivity index (χ4n) is 4.44. The molecule has 2 fully saturated rings. The van der Waals surface area contributed by atoms with Crippen LogP contribution in [0.3, 0.4) is 0 Å². The summed E-state index contributed by atoms with van der Waals surface area (Å²) in [4.78, 5) is 42.2. The van der Waals surface area contributed by atoms with Crippen LogP contribution in [0.25, 0.3) is 10.8 Å². The van der Waals surface area contributed by atoms with E-state index in [1.165, 1.54) is 0 Å². The summed E-state index contributed by atoms with van der Waals surface area (Å²) in [6.07, 6.45) is 1.81. The highest BCUT2D eigenvalue weighted by molar-refractivity contribution is 6.08. The third-order valence-electron chi connectivity index (χ3n) is 6.68. The van der Waals surface area contributed by atoms with Crippen molar-refractivity contribution in [3.05, 3.63) is 77.9 Å². The predicted molar refractivity (Wildman–Crippen MR) is 136 cm³/mol. The number of amides is 3. The summed E-state index contributed by atoms with van der Waals surface area (Å²) >= 11 is 0. The van der Waals surface area contributed by atoms with Crippen LogP contribution in [0.2, 0.25) is 0 Å². The summed E-state index contributed by atoms with van der Waals surface area (Å²) in [7, 11) is 0. The molecule has 0 aromatic heterocycles. The lowest BCUT2D eigenvalue weighted by Crippen LogP contribution is -2.51. The average molecular weight is 471 g/mol. The molecule has 1 saturated heterocycles. The largest absolute Gasteiger partial charge is 0.351 e. The topological polar surface area (TPSA) is 81.8 Å². The van der Waals surface area contributed by atoms with Crippen molar-refractivity contribution in [2.24, 2.45) is 5.92 Å². The molecule has 0 spiro atoms. The Labute approximate surface area is 205 Å². The normalized spacial score (nSPS) is 16.2. The van der Waals surface area contributed by atoms with Gasteiger partial charge in [0.1, 0.15) is 0 Å². The molecule has 2 aliphatic rings. The summed E-state index contributed by atoms with van der Waals surface area (Å²) < 4.78 is 0. The SMILES string of the molecule is O=C(CN1CCN(C(=O)c2cc3ccccc3cc2NC(=O)C2CC2)CC1)NCc1ccccc1. The van der Waals surface area contributed by atoms with Crippen molar-refractivity contribution in [3.63, 3.8) is 0 Å². The molecule has 2 N–H and O–H groups in total. The van der Waals surface area contributed by atoms with Crippen LogP contribution >= 0.6 is 0 Å². The van der Waals surface area contributed by atoms with Crippen molar-refractivity contribution in [2.75, 3.05) is 38.0 Å². The van der Waals surface area contributed by atoms with E-state index in [4.69, 9.17) is 0 Å². The Bertz CT molecular complexity index is 1230. The molecule has 0 radical (unpaired) electrons. The van der Waals surface area contributed by atoms with Gasteiger partial charge >= 0.3 is 0 Å². The summed E-state index contributed by atoms with van der Waals surface area (Å²) in [5.74, 6) is -0.0649. The summed E-state index contributed by atoms with van der Waals surface area (Å²) in [5.41, 5.74) is 2.16. The molecule has 1 aliphatic heterocycles. The number of hydrogen-bond acceptors (Lipinski definition) is 4. The second-order valence-corrected chi connectivity index (χ2v) is 9.34. The summed E-state index contributed by atoms with van der Waals surface area (Å²) in [5, 5.41) is 7.91. The molecule has 0 atom stereocenters. The first-order chi connectivity index (χ1) is 17.1. The van der Waals surface area contributed by atoms with Crippen LogP contribution in [0.15, 0.2) is 66.7 Å². The summed E-state index contributed by atoms with van der Waals surface area (Å²) in [6.45, 7) is 3.15. The third-order valence-corrected chi connectivity index (χ3v) is 6.68. The van der Waals surface area contributed by atoms with Crippen LogP contribution < -0.4 is 10.6 Å². The minimum absolute atomic E-state index is 0.0133. The smallest absolute Gasteiger partial charge is 0.256 e. The van der Waals surface area contributed by atoms with E-state index in [1.54, 1.807) is 0 Å². The van der Waals surface area contributed by atoms with Gasteiger partial charge in [-0.2, -0.15) is 0 Å². The molecule has 180 valence electrons. The average Bonchev–Trinajstić information content (AvgIpc) is 3.74. The van der Waals surface area contributed by atoms with Gasteiger partial charge in [-0.3, -0.25) is 19.3 Å². The molecule has 3 aromatic carbocycles. The Kier molecular flexibility index (Phi) is 6.77. The predicted octanol–water partition coefficient (Wildman–Crippen LogP) is 3.26. The zero-order valence-electron chi connectivity index (χ0n) is 19.7. The standard InChI is InChI=1S/C28H30N4O3/c33-26(29-18-20-6-2-1-3-7-20)19-31-12-14-32(15-13-31)28(35)24-16-22-8-4-5-9-23(22)17-25(24)30-27(34)21-10-11-21/h1-9,16-17,21H,10-15,18-19H2,(H,29,33)(H,30,34). The van der Waals surface area contributed by atoms with Crippen molar-refractivity contribution < 1.29 is 14.4 Å². The van der Waals surface area contributed by atoms with Gasteiger partial charge in [0.25, 0.3) is 5.91 Å². The molecule has 7 nitrogen and oxygen atoms in total. The number of benzene rings is 3.